The molecule has 0 spiro atoms. The van der Waals surface area contributed by atoms with Crippen molar-refractivity contribution in [2.75, 3.05) is 27.3 Å². The third-order valence-corrected chi connectivity index (χ3v) is 4.61. The Hall–Kier alpha value is -0.340. The van der Waals surface area contributed by atoms with E-state index in [2.05, 4.69) is 62.7 Å². The van der Waals surface area contributed by atoms with E-state index in [9.17, 15) is 0 Å². The largest absolute Gasteiger partial charge is 0.383 e. The molecule has 2 N–H and O–H groups in total. The van der Waals surface area contributed by atoms with Crippen molar-refractivity contribution in [2.45, 2.75) is 31.2 Å². The van der Waals surface area contributed by atoms with E-state index in [0.717, 1.165) is 12.5 Å². The van der Waals surface area contributed by atoms with Gasteiger partial charge in [-0.2, -0.15) is 0 Å². The van der Waals surface area contributed by atoms with E-state index in [1.807, 2.05) is 0 Å². The third-order valence-electron chi connectivity index (χ3n) is 3.92. The van der Waals surface area contributed by atoms with Crippen molar-refractivity contribution < 1.29 is 4.74 Å². The Bertz CT molecular complexity index is 506. The molecule has 1 fully saturated rings. The summed E-state index contributed by atoms with van der Waals surface area (Å²) in [6, 6.07) is 8.73. The van der Waals surface area contributed by atoms with Gasteiger partial charge in [0.1, 0.15) is 0 Å². The van der Waals surface area contributed by atoms with Crippen molar-refractivity contribution in [3.05, 3.63) is 34.3 Å². The van der Waals surface area contributed by atoms with Crippen LogP contribution in [0.25, 0.3) is 0 Å². The molecule has 6 heteroatoms. The van der Waals surface area contributed by atoms with Gasteiger partial charge in [-0.15, -0.1) is 24.0 Å². The maximum absolute atomic E-state index is 5.14. The molecule has 0 heterocycles. The molecule has 4 nitrogen and oxygen atoms in total. The van der Waals surface area contributed by atoms with Gasteiger partial charge in [0.05, 0.1) is 6.61 Å². The summed E-state index contributed by atoms with van der Waals surface area (Å²) in [6.45, 7) is 3.64. The Balaban J connectivity index is 0.00000242. The quantitative estimate of drug-likeness (QED) is 0.372. The van der Waals surface area contributed by atoms with Crippen LogP contribution in [0.5, 0.6) is 0 Å². The number of rotatable bonds is 6. The van der Waals surface area contributed by atoms with Gasteiger partial charge in [-0.3, -0.25) is 4.99 Å². The second kappa shape index (κ2) is 9.08. The molecule has 1 saturated carbocycles. The summed E-state index contributed by atoms with van der Waals surface area (Å²) in [7, 11) is 3.51. The fraction of sp³-hybridized carbons (Fsp3) is 0.562. The molecule has 1 aromatic carbocycles. The van der Waals surface area contributed by atoms with Crippen LogP contribution in [0, 0.1) is 0 Å². The zero-order valence-corrected chi connectivity index (χ0v) is 17.3. The number of guanidine groups is 1. The second-order valence-electron chi connectivity index (χ2n) is 5.69. The normalized spacial score (nSPS) is 17.4. The first-order chi connectivity index (χ1) is 10.1. The Kier molecular flexibility index (Phi) is 8.13. The van der Waals surface area contributed by atoms with Crippen LogP contribution in [0.1, 0.15) is 25.3 Å². The molecule has 1 atom stereocenters. The molecule has 1 aliphatic rings. The molecule has 1 aromatic rings. The number of nitrogens with zero attached hydrogens (tertiary/aromatic N) is 1. The summed E-state index contributed by atoms with van der Waals surface area (Å²) in [5.74, 6) is 0.831. The lowest BCUT2D eigenvalue weighted by molar-refractivity contribution is 0.179. The first-order valence-electron chi connectivity index (χ1n) is 7.32. The van der Waals surface area contributed by atoms with Crippen molar-refractivity contribution in [2.24, 2.45) is 4.99 Å². The number of nitrogens with one attached hydrogen (secondary N) is 2. The van der Waals surface area contributed by atoms with Gasteiger partial charge in [-0.25, -0.2) is 0 Å². The monoisotopic (exact) mass is 481 g/mol. The smallest absolute Gasteiger partial charge is 0.191 e. The molecule has 0 radical (unpaired) electrons. The van der Waals surface area contributed by atoms with E-state index < -0.39 is 0 Å². The SMILES string of the molecule is CN=C(NCC1(c2ccccc2Br)CC1)NC(C)COC.I. The van der Waals surface area contributed by atoms with Crippen molar-refractivity contribution >= 4 is 45.9 Å². The van der Waals surface area contributed by atoms with Gasteiger partial charge in [-0.05, 0) is 31.4 Å². The predicted molar refractivity (Wildman–Crippen MR) is 106 cm³/mol. The topological polar surface area (TPSA) is 45.7 Å². The average molecular weight is 482 g/mol. The fourth-order valence-electron chi connectivity index (χ4n) is 2.56. The number of hydrogen-bond donors (Lipinski definition) is 2. The second-order valence-corrected chi connectivity index (χ2v) is 6.54. The number of ether oxygens (including phenoxy) is 1. The van der Waals surface area contributed by atoms with Gasteiger partial charge in [0.2, 0.25) is 0 Å². The Morgan fingerprint density at radius 2 is 2.09 bits per heavy atom. The summed E-state index contributed by atoms with van der Waals surface area (Å²) in [5.41, 5.74) is 1.63. The highest BCUT2D eigenvalue weighted by molar-refractivity contribution is 14.0. The van der Waals surface area contributed by atoms with Crippen molar-refractivity contribution in [1.29, 1.82) is 0 Å². The standard InChI is InChI=1S/C16H24BrN3O.HI/c1-12(10-21-3)20-15(18-2)19-11-16(8-9-16)13-6-4-5-7-14(13)17;/h4-7,12H,8-11H2,1-3H3,(H2,18,19,20);1H. The van der Waals surface area contributed by atoms with Gasteiger partial charge in [0.15, 0.2) is 5.96 Å². The predicted octanol–water partition coefficient (Wildman–Crippen LogP) is 3.30. The van der Waals surface area contributed by atoms with Gasteiger partial charge in [0.25, 0.3) is 0 Å². The minimum absolute atomic E-state index is 0. The number of halogens is 2. The zero-order valence-electron chi connectivity index (χ0n) is 13.4. The van der Waals surface area contributed by atoms with Crippen LogP contribution in [-0.2, 0) is 10.2 Å². The first kappa shape index (κ1) is 19.7. The lowest BCUT2D eigenvalue weighted by atomic mass is 9.96. The van der Waals surface area contributed by atoms with Crippen LogP contribution in [0.3, 0.4) is 0 Å². The molecule has 0 amide bonds. The summed E-state index contributed by atoms with van der Waals surface area (Å²) >= 11 is 3.67. The van der Waals surface area contributed by atoms with E-state index in [4.69, 9.17) is 4.74 Å². The highest BCUT2D eigenvalue weighted by Gasteiger charge is 2.45. The van der Waals surface area contributed by atoms with E-state index in [1.165, 1.54) is 22.9 Å². The van der Waals surface area contributed by atoms with Gasteiger partial charge in [-0.1, -0.05) is 34.1 Å². The molecular formula is C16H25BrIN3O. The highest BCUT2D eigenvalue weighted by atomic mass is 127. The van der Waals surface area contributed by atoms with Crippen LogP contribution < -0.4 is 10.6 Å². The first-order valence-corrected chi connectivity index (χ1v) is 8.12. The van der Waals surface area contributed by atoms with Crippen LogP contribution in [0.4, 0.5) is 0 Å². The summed E-state index contributed by atoms with van der Waals surface area (Å²) in [4.78, 5) is 4.28. The zero-order chi connectivity index (χ0) is 15.3. The third kappa shape index (κ3) is 5.09. The molecular weight excluding hydrogens is 457 g/mol. The maximum Gasteiger partial charge on any atom is 0.191 e. The van der Waals surface area contributed by atoms with Crippen LogP contribution in [0.2, 0.25) is 0 Å². The molecule has 0 saturated heterocycles. The minimum Gasteiger partial charge on any atom is -0.383 e. The molecule has 0 aromatic heterocycles. The minimum atomic E-state index is 0. The van der Waals surface area contributed by atoms with Gasteiger partial charge in [0, 0.05) is 36.6 Å². The molecule has 2 rings (SSSR count). The summed E-state index contributed by atoms with van der Waals surface area (Å²) in [5, 5.41) is 6.79. The van der Waals surface area contributed by atoms with Crippen LogP contribution >= 0.6 is 39.9 Å². The number of benzene rings is 1. The fourth-order valence-corrected chi connectivity index (χ4v) is 3.26. The van der Waals surface area contributed by atoms with E-state index in [1.54, 1.807) is 14.2 Å². The average Bonchev–Trinajstić information content (AvgIpc) is 3.25. The van der Waals surface area contributed by atoms with E-state index >= 15 is 0 Å². The number of methoxy groups -OCH3 is 1. The molecule has 1 aliphatic carbocycles. The molecule has 0 bridgehead atoms. The lowest BCUT2D eigenvalue weighted by Gasteiger charge is -2.22. The van der Waals surface area contributed by atoms with Crippen LogP contribution in [0.15, 0.2) is 33.7 Å². The molecule has 124 valence electrons. The Labute approximate surface area is 158 Å². The molecule has 22 heavy (non-hydrogen) atoms. The van der Waals surface area contributed by atoms with Gasteiger partial charge >= 0.3 is 0 Å². The molecule has 1 unspecified atom stereocenters. The van der Waals surface area contributed by atoms with Crippen LogP contribution in [-0.4, -0.2) is 39.3 Å². The molecule has 0 aliphatic heterocycles. The Morgan fingerprint density at radius 3 is 2.64 bits per heavy atom. The number of aliphatic imine (C=N–C) groups is 1. The lowest BCUT2D eigenvalue weighted by Crippen LogP contribution is -2.46. The number of hydrogen-bond acceptors (Lipinski definition) is 2. The van der Waals surface area contributed by atoms with Crippen molar-refractivity contribution in [1.82, 2.24) is 10.6 Å². The van der Waals surface area contributed by atoms with Gasteiger partial charge < -0.3 is 15.4 Å². The van der Waals surface area contributed by atoms with E-state index in [-0.39, 0.29) is 35.4 Å². The Morgan fingerprint density at radius 1 is 1.41 bits per heavy atom. The summed E-state index contributed by atoms with van der Waals surface area (Å²) < 4.78 is 6.33. The highest BCUT2D eigenvalue weighted by Crippen LogP contribution is 2.49. The van der Waals surface area contributed by atoms with Crippen molar-refractivity contribution in [3.63, 3.8) is 0 Å². The van der Waals surface area contributed by atoms with Crippen molar-refractivity contribution in [3.8, 4) is 0 Å². The summed E-state index contributed by atoms with van der Waals surface area (Å²) in [6.07, 6.45) is 2.43. The maximum atomic E-state index is 5.14. The van der Waals surface area contributed by atoms with E-state index in [0.29, 0.717) is 6.61 Å².